The summed E-state index contributed by atoms with van der Waals surface area (Å²) < 4.78 is 6.73. The molecule has 0 aliphatic carbocycles. The van der Waals surface area contributed by atoms with Crippen LogP contribution in [0.3, 0.4) is 0 Å². The maximum atomic E-state index is 4.98. The first-order chi connectivity index (χ1) is 5.15. The lowest BCUT2D eigenvalue weighted by atomic mass is 10.3. The van der Waals surface area contributed by atoms with Gasteiger partial charge in [-0.1, -0.05) is 6.58 Å². The van der Waals surface area contributed by atoms with Crippen LogP contribution in [0.5, 0.6) is 0 Å². The molecule has 0 radical (unpaired) electrons. The Kier molecular flexibility index (Phi) is 1.98. The third-order valence-electron chi connectivity index (χ3n) is 1.53. The monoisotopic (exact) mass is 152 g/mol. The highest BCUT2D eigenvalue weighted by Gasteiger charge is 2.04. The second kappa shape index (κ2) is 2.78. The van der Waals surface area contributed by atoms with Crippen molar-refractivity contribution in [2.24, 2.45) is 7.05 Å². The Balaban J connectivity index is 3.03. The summed E-state index contributed by atoms with van der Waals surface area (Å²) >= 11 is 0. The highest BCUT2D eigenvalue weighted by Crippen LogP contribution is 2.12. The smallest absolute Gasteiger partial charge is 0.136 e. The Hall–Kier alpha value is -1.25. The van der Waals surface area contributed by atoms with E-state index in [1.807, 2.05) is 20.0 Å². The van der Waals surface area contributed by atoms with E-state index in [0.29, 0.717) is 5.76 Å². The van der Waals surface area contributed by atoms with Crippen molar-refractivity contribution >= 4 is 5.76 Å². The van der Waals surface area contributed by atoms with Gasteiger partial charge in [-0.3, -0.25) is 4.68 Å². The van der Waals surface area contributed by atoms with Gasteiger partial charge in [-0.2, -0.15) is 5.10 Å². The van der Waals surface area contributed by atoms with Crippen molar-refractivity contribution in [1.82, 2.24) is 9.78 Å². The number of nitrogens with zero attached hydrogens (tertiary/aromatic N) is 2. The third-order valence-corrected chi connectivity index (χ3v) is 1.53. The molecule has 0 N–H and O–H groups in total. The summed E-state index contributed by atoms with van der Waals surface area (Å²) in [6.45, 7) is 5.67. The largest absolute Gasteiger partial charge is 0.495 e. The van der Waals surface area contributed by atoms with Crippen molar-refractivity contribution in [1.29, 1.82) is 0 Å². The molecular formula is C8H12N2O. The molecule has 60 valence electrons. The van der Waals surface area contributed by atoms with Crippen molar-refractivity contribution in [2.45, 2.75) is 6.92 Å². The molecule has 0 atom stereocenters. The van der Waals surface area contributed by atoms with E-state index in [-0.39, 0.29) is 0 Å². The zero-order chi connectivity index (χ0) is 8.43. The van der Waals surface area contributed by atoms with Crippen LogP contribution in [0, 0.1) is 6.92 Å². The van der Waals surface area contributed by atoms with E-state index in [1.165, 1.54) is 0 Å². The van der Waals surface area contributed by atoms with Crippen LogP contribution in [0.15, 0.2) is 12.6 Å². The van der Waals surface area contributed by atoms with Gasteiger partial charge in [-0.15, -0.1) is 0 Å². The summed E-state index contributed by atoms with van der Waals surface area (Å²) in [4.78, 5) is 0. The van der Waals surface area contributed by atoms with Crippen LogP contribution in [-0.4, -0.2) is 16.9 Å². The molecule has 1 rings (SSSR count). The summed E-state index contributed by atoms with van der Waals surface area (Å²) in [7, 11) is 3.47. The van der Waals surface area contributed by atoms with Gasteiger partial charge in [-0.25, -0.2) is 0 Å². The molecule has 0 aliphatic heterocycles. The fraction of sp³-hybridized carbons (Fsp3) is 0.375. The van der Waals surface area contributed by atoms with Crippen molar-refractivity contribution < 1.29 is 4.74 Å². The van der Waals surface area contributed by atoms with Crippen LogP contribution < -0.4 is 0 Å². The minimum Gasteiger partial charge on any atom is -0.495 e. The second-order valence-electron chi connectivity index (χ2n) is 2.42. The summed E-state index contributed by atoms with van der Waals surface area (Å²) in [6, 6.07) is 1.94. The fourth-order valence-corrected chi connectivity index (χ4v) is 0.976. The summed E-state index contributed by atoms with van der Waals surface area (Å²) in [5.74, 6) is 0.646. The van der Waals surface area contributed by atoms with Gasteiger partial charge in [0.05, 0.1) is 12.8 Å². The number of ether oxygens (including phenoxy) is 1. The zero-order valence-corrected chi connectivity index (χ0v) is 7.09. The van der Waals surface area contributed by atoms with E-state index in [9.17, 15) is 0 Å². The number of aromatic nitrogens is 2. The van der Waals surface area contributed by atoms with E-state index in [1.54, 1.807) is 11.8 Å². The fourth-order valence-electron chi connectivity index (χ4n) is 0.976. The molecule has 0 spiro atoms. The Morgan fingerprint density at radius 2 is 2.36 bits per heavy atom. The molecule has 11 heavy (non-hydrogen) atoms. The summed E-state index contributed by atoms with van der Waals surface area (Å²) in [5, 5.41) is 4.16. The van der Waals surface area contributed by atoms with E-state index in [2.05, 4.69) is 11.7 Å². The van der Waals surface area contributed by atoms with Crippen LogP contribution in [-0.2, 0) is 11.8 Å². The molecule has 0 aromatic carbocycles. The number of methoxy groups -OCH3 is 1. The van der Waals surface area contributed by atoms with Gasteiger partial charge in [-0.05, 0) is 13.0 Å². The molecular weight excluding hydrogens is 140 g/mol. The Morgan fingerprint density at radius 3 is 2.73 bits per heavy atom. The quantitative estimate of drug-likeness (QED) is 0.598. The number of hydrogen-bond acceptors (Lipinski definition) is 2. The van der Waals surface area contributed by atoms with Gasteiger partial charge in [0.15, 0.2) is 0 Å². The molecule has 1 aromatic heterocycles. The van der Waals surface area contributed by atoms with Crippen molar-refractivity contribution in [2.75, 3.05) is 7.11 Å². The maximum absolute atomic E-state index is 4.98. The predicted octanol–water partition coefficient (Wildman–Crippen LogP) is 1.35. The molecule has 0 unspecified atom stereocenters. The zero-order valence-electron chi connectivity index (χ0n) is 7.09. The molecule has 3 heteroatoms. The van der Waals surface area contributed by atoms with Crippen molar-refractivity contribution in [3.8, 4) is 0 Å². The first-order valence-corrected chi connectivity index (χ1v) is 3.39. The standard InChI is InChI=1S/C8H12N2O/c1-6-5-8(7(2)11-4)10(3)9-6/h5H,2H2,1,3-4H3. The first kappa shape index (κ1) is 7.85. The van der Waals surface area contributed by atoms with Crippen LogP contribution >= 0.6 is 0 Å². The molecule has 0 saturated heterocycles. The van der Waals surface area contributed by atoms with E-state index < -0.39 is 0 Å². The minimum absolute atomic E-state index is 0.646. The van der Waals surface area contributed by atoms with Crippen LogP contribution in [0.25, 0.3) is 5.76 Å². The van der Waals surface area contributed by atoms with Gasteiger partial charge >= 0.3 is 0 Å². The van der Waals surface area contributed by atoms with Gasteiger partial charge < -0.3 is 4.74 Å². The normalized spacial score (nSPS) is 9.73. The van der Waals surface area contributed by atoms with E-state index in [4.69, 9.17) is 4.74 Å². The molecule has 0 bridgehead atoms. The van der Waals surface area contributed by atoms with E-state index >= 15 is 0 Å². The molecule has 0 saturated carbocycles. The van der Waals surface area contributed by atoms with Gasteiger partial charge in [0, 0.05) is 7.05 Å². The maximum Gasteiger partial charge on any atom is 0.136 e. The third kappa shape index (κ3) is 1.42. The topological polar surface area (TPSA) is 27.1 Å². The predicted molar refractivity (Wildman–Crippen MR) is 44.0 cm³/mol. The molecule has 1 aromatic rings. The average Bonchev–Trinajstić information content (AvgIpc) is 2.28. The van der Waals surface area contributed by atoms with Gasteiger partial charge in [0.25, 0.3) is 0 Å². The molecule has 0 amide bonds. The SMILES string of the molecule is C=C(OC)c1cc(C)nn1C. The highest BCUT2D eigenvalue weighted by molar-refractivity contribution is 5.53. The van der Waals surface area contributed by atoms with Crippen molar-refractivity contribution in [3.05, 3.63) is 24.0 Å². The minimum atomic E-state index is 0.646. The van der Waals surface area contributed by atoms with Crippen LogP contribution in [0.4, 0.5) is 0 Å². The lowest BCUT2D eigenvalue weighted by Gasteiger charge is -2.02. The molecule has 0 aliphatic rings. The number of aryl methyl sites for hydroxylation is 2. The lowest BCUT2D eigenvalue weighted by molar-refractivity contribution is 0.366. The summed E-state index contributed by atoms with van der Waals surface area (Å²) in [5.41, 5.74) is 1.89. The Labute approximate surface area is 66.3 Å². The number of hydrogen-bond donors (Lipinski definition) is 0. The molecule has 0 fully saturated rings. The number of rotatable bonds is 2. The molecule has 3 nitrogen and oxygen atoms in total. The molecule has 1 heterocycles. The van der Waals surface area contributed by atoms with Crippen LogP contribution in [0.1, 0.15) is 11.4 Å². The Bertz CT molecular complexity index is 276. The Morgan fingerprint density at radius 1 is 1.73 bits per heavy atom. The van der Waals surface area contributed by atoms with Gasteiger partial charge in [0.1, 0.15) is 11.5 Å². The highest BCUT2D eigenvalue weighted by atomic mass is 16.5. The van der Waals surface area contributed by atoms with Crippen molar-refractivity contribution in [3.63, 3.8) is 0 Å². The van der Waals surface area contributed by atoms with Gasteiger partial charge in [0.2, 0.25) is 0 Å². The summed E-state index contributed by atoms with van der Waals surface area (Å²) in [6.07, 6.45) is 0. The van der Waals surface area contributed by atoms with Crippen LogP contribution in [0.2, 0.25) is 0 Å². The first-order valence-electron chi connectivity index (χ1n) is 3.39. The average molecular weight is 152 g/mol. The van der Waals surface area contributed by atoms with E-state index in [0.717, 1.165) is 11.4 Å². The lowest BCUT2D eigenvalue weighted by Crippen LogP contribution is -1.97. The second-order valence-corrected chi connectivity index (χ2v) is 2.42.